The Morgan fingerprint density at radius 2 is 2.03 bits per heavy atom. The summed E-state index contributed by atoms with van der Waals surface area (Å²) in [6.45, 7) is 7.88. The van der Waals surface area contributed by atoms with Crippen molar-refractivity contribution in [2.45, 2.75) is 52.2 Å². The van der Waals surface area contributed by atoms with Gasteiger partial charge in [-0.2, -0.15) is 0 Å². The van der Waals surface area contributed by atoms with Crippen molar-refractivity contribution in [3.05, 3.63) is 98.5 Å². The van der Waals surface area contributed by atoms with E-state index in [1.807, 2.05) is 56.5 Å². The Hall–Kier alpha value is -3.47. The fourth-order valence-corrected chi connectivity index (χ4v) is 5.08. The van der Waals surface area contributed by atoms with Gasteiger partial charge in [-0.3, -0.25) is 9.79 Å². The highest BCUT2D eigenvalue weighted by Crippen LogP contribution is 2.51. The zero-order valence-corrected chi connectivity index (χ0v) is 19.6. The molecule has 1 N–H and O–H groups in total. The summed E-state index contributed by atoms with van der Waals surface area (Å²) in [6, 6.07) is 10.9. The molecule has 5 heteroatoms. The lowest BCUT2D eigenvalue weighted by molar-refractivity contribution is 0.0377. The number of esters is 1. The molecule has 1 aromatic heterocycles. The minimum Gasteiger partial charge on any atom is -0.459 e. The van der Waals surface area contributed by atoms with Gasteiger partial charge in [-0.05, 0) is 63.5 Å². The number of carbonyl (C=O) groups is 1. The van der Waals surface area contributed by atoms with Crippen LogP contribution in [0.15, 0.2) is 75.6 Å². The van der Waals surface area contributed by atoms with Crippen molar-refractivity contribution in [2.24, 2.45) is 10.9 Å². The Balaban J connectivity index is 1.71. The molecule has 1 heterocycles. The Morgan fingerprint density at radius 1 is 1.24 bits per heavy atom. The van der Waals surface area contributed by atoms with Gasteiger partial charge < -0.3 is 9.72 Å². The number of rotatable bonds is 5. The number of nitrogens with zero attached hydrogens (tertiary/aromatic N) is 1. The van der Waals surface area contributed by atoms with Gasteiger partial charge in [0.1, 0.15) is 5.54 Å². The number of pyridine rings is 1. The van der Waals surface area contributed by atoms with Crippen molar-refractivity contribution in [2.75, 3.05) is 0 Å². The van der Waals surface area contributed by atoms with Crippen LogP contribution in [0.2, 0.25) is 0 Å². The number of aromatic nitrogens is 1. The molecule has 0 saturated carbocycles. The van der Waals surface area contributed by atoms with Crippen molar-refractivity contribution >= 4 is 18.3 Å². The molecule has 0 amide bonds. The summed E-state index contributed by atoms with van der Waals surface area (Å²) in [5, 5.41) is 0. The molecule has 0 radical (unpaired) electrons. The predicted molar refractivity (Wildman–Crippen MR) is 133 cm³/mol. The molecule has 0 unspecified atom stereocenters. The van der Waals surface area contributed by atoms with E-state index in [0.29, 0.717) is 5.56 Å². The van der Waals surface area contributed by atoms with E-state index >= 15 is 0 Å². The molecule has 2 aliphatic carbocycles. The fraction of sp³-hybridized carbons (Fsp3) is 0.321. The van der Waals surface area contributed by atoms with E-state index < -0.39 is 5.54 Å². The molecule has 2 aliphatic rings. The molecule has 0 fully saturated rings. The van der Waals surface area contributed by atoms with Gasteiger partial charge >= 0.3 is 5.97 Å². The van der Waals surface area contributed by atoms with Crippen LogP contribution in [0.3, 0.4) is 0 Å². The zero-order valence-electron chi connectivity index (χ0n) is 19.6. The molecule has 2 aromatic rings. The third-order valence-corrected chi connectivity index (χ3v) is 6.26. The Kier molecular flexibility index (Phi) is 6.32. The van der Waals surface area contributed by atoms with E-state index in [-0.39, 0.29) is 23.6 Å². The molecule has 1 aromatic carbocycles. The molecule has 33 heavy (non-hydrogen) atoms. The molecule has 0 spiro atoms. The van der Waals surface area contributed by atoms with Crippen molar-refractivity contribution in [3.8, 4) is 0 Å². The summed E-state index contributed by atoms with van der Waals surface area (Å²) in [5.41, 5.74) is 5.28. The largest absolute Gasteiger partial charge is 0.459 e. The van der Waals surface area contributed by atoms with Crippen molar-refractivity contribution in [3.63, 3.8) is 0 Å². The average molecular weight is 443 g/mol. The molecule has 2 atom stereocenters. The topological polar surface area (TPSA) is 71.5 Å². The number of H-pyrrole nitrogens is 1. The SMILES string of the molecule is C/C=C1\[C@H]2C=C(C)C[C@]1(N=C/C=C/c1ccccc1C(=O)OC(C)C)c1ccc(=O)[nH]c1C2. The predicted octanol–water partition coefficient (Wildman–Crippen LogP) is 5.39. The highest BCUT2D eigenvalue weighted by Gasteiger charge is 2.46. The second-order valence-corrected chi connectivity index (χ2v) is 9.00. The van der Waals surface area contributed by atoms with Crippen LogP contribution in [-0.4, -0.2) is 23.3 Å². The van der Waals surface area contributed by atoms with Crippen LogP contribution in [-0.2, 0) is 16.7 Å². The molecule has 5 nitrogen and oxygen atoms in total. The van der Waals surface area contributed by atoms with E-state index in [0.717, 1.165) is 29.7 Å². The van der Waals surface area contributed by atoms with Gasteiger partial charge in [-0.15, -0.1) is 0 Å². The number of hydrogen-bond donors (Lipinski definition) is 1. The first-order valence-corrected chi connectivity index (χ1v) is 11.4. The van der Waals surface area contributed by atoms with Gasteiger partial charge in [0.2, 0.25) is 5.56 Å². The van der Waals surface area contributed by atoms with Crippen LogP contribution >= 0.6 is 0 Å². The zero-order chi connectivity index (χ0) is 23.6. The van der Waals surface area contributed by atoms with E-state index in [1.165, 1.54) is 11.1 Å². The second-order valence-electron chi connectivity index (χ2n) is 9.00. The van der Waals surface area contributed by atoms with Crippen LogP contribution in [0.25, 0.3) is 6.08 Å². The minimum atomic E-state index is -0.531. The van der Waals surface area contributed by atoms with E-state index in [1.54, 1.807) is 12.1 Å². The summed E-state index contributed by atoms with van der Waals surface area (Å²) < 4.78 is 5.37. The van der Waals surface area contributed by atoms with Crippen molar-refractivity contribution in [1.29, 1.82) is 0 Å². The summed E-state index contributed by atoms with van der Waals surface area (Å²) in [4.78, 5) is 32.6. The summed E-state index contributed by atoms with van der Waals surface area (Å²) >= 11 is 0. The molecule has 170 valence electrons. The fourth-order valence-electron chi connectivity index (χ4n) is 5.08. The first kappa shape index (κ1) is 22.7. The van der Waals surface area contributed by atoms with Gasteiger partial charge in [0, 0.05) is 35.9 Å². The second kappa shape index (κ2) is 9.18. The number of nitrogens with one attached hydrogen (secondary N) is 1. The normalized spacial score (nSPS) is 23.2. The Morgan fingerprint density at radius 3 is 2.79 bits per heavy atom. The standard InChI is InChI=1S/C28H30N2O3/c1-5-23-21-15-19(4)17-28(23,24-12-13-26(31)30-25(24)16-21)29-14-8-10-20-9-6-7-11-22(20)27(32)33-18(2)3/h5-15,18,21H,16-17H2,1-4H3,(H,30,31)/b10-8+,23-5+,29-14?/t21-,28+/m0/s1. The van der Waals surface area contributed by atoms with Crippen LogP contribution in [0.1, 0.15) is 61.3 Å². The van der Waals surface area contributed by atoms with Gasteiger partial charge in [0.05, 0.1) is 11.7 Å². The highest BCUT2D eigenvalue weighted by atomic mass is 16.5. The molecule has 2 bridgehead atoms. The number of fused-ring (bicyclic) bond motifs is 4. The van der Waals surface area contributed by atoms with Crippen molar-refractivity contribution in [1.82, 2.24) is 4.98 Å². The van der Waals surface area contributed by atoms with E-state index in [2.05, 4.69) is 31.0 Å². The smallest absolute Gasteiger partial charge is 0.338 e. The number of aromatic amines is 1. The van der Waals surface area contributed by atoms with Gasteiger partial charge in [-0.25, -0.2) is 4.79 Å². The third-order valence-electron chi connectivity index (χ3n) is 6.26. The van der Waals surface area contributed by atoms with Crippen LogP contribution in [0, 0.1) is 5.92 Å². The van der Waals surface area contributed by atoms with Gasteiger partial charge in [-0.1, -0.05) is 42.0 Å². The van der Waals surface area contributed by atoms with Gasteiger partial charge in [0.15, 0.2) is 0 Å². The monoisotopic (exact) mass is 442 g/mol. The summed E-state index contributed by atoms with van der Waals surface area (Å²) in [6.07, 6.45) is 11.4. The first-order chi connectivity index (χ1) is 15.8. The maximum Gasteiger partial charge on any atom is 0.338 e. The number of aliphatic imine (C=N–C) groups is 1. The quantitative estimate of drug-likeness (QED) is 0.383. The third kappa shape index (κ3) is 4.40. The first-order valence-electron chi connectivity index (χ1n) is 11.4. The summed E-state index contributed by atoms with van der Waals surface area (Å²) in [7, 11) is 0. The number of hydrogen-bond acceptors (Lipinski definition) is 4. The number of allylic oxidation sites excluding steroid dienone is 3. The lowest BCUT2D eigenvalue weighted by Gasteiger charge is -2.45. The molecule has 0 aliphatic heterocycles. The minimum absolute atomic E-state index is 0.0830. The lowest BCUT2D eigenvalue weighted by Crippen LogP contribution is -2.40. The maximum atomic E-state index is 12.4. The van der Waals surface area contributed by atoms with E-state index in [9.17, 15) is 9.59 Å². The number of ether oxygens (including phenoxy) is 1. The molecule has 4 rings (SSSR count). The average Bonchev–Trinajstić information content (AvgIpc) is 2.76. The van der Waals surface area contributed by atoms with Crippen LogP contribution < -0.4 is 5.56 Å². The molecular formula is C28H30N2O3. The van der Waals surface area contributed by atoms with Crippen molar-refractivity contribution < 1.29 is 9.53 Å². The van der Waals surface area contributed by atoms with Crippen LogP contribution in [0.5, 0.6) is 0 Å². The molecule has 0 saturated heterocycles. The number of carbonyl (C=O) groups excluding carboxylic acids is 1. The maximum absolute atomic E-state index is 12.4. The van der Waals surface area contributed by atoms with Gasteiger partial charge in [0.25, 0.3) is 0 Å². The Bertz CT molecular complexity index is 1250. The Labute approximate surface area is 194 Å². The van der Waals surface area contributed by atoms with E-state index in [4.69, 9.17) is 9.73 Å². The van der Waals surface area contributed by atoms with Crippen LogP contribution in [0.4, 0.5) is 0 Å². The summed E-state index contributed by atoms with van der Waals surface area (Å²) in [5.74, 6) is -0.111. The highest BCUT2D eigenvalue weighted by molar-refractivity contribution is 5.94. The lowest BCUT2D eigenvalue weighted by atomic mass is 9.63. The number of benzene rings is 1. The molecular weight excluding hydrogens is 412 g/mol.